The average molecular weight is 265 g/mol. The zero-order chi connectivity index (χ0) is 13.2. The molecule has 2 aromatic rings. The van der Waals surface area contributed by atoms with Gasteiger partial charge in [0.1, 0.15) is 5.69 Å². The molecule has 0 amide bonds. The van der Waals surface area contributed by atoms with Gasteiger partial charge in [-0.15, -0.1) is 11.3 Å². The number of hydrogen-bond acceptors (Lipinski definition) is 5. The maximum Gasteiger partial charge on any atom is 0.196 e. The lowest BCUT2D eigenvalue weighted by Crippen LogP contribution is -2.37. The molecule has 0 fully saturated rings. The number of thiazole rings is 1. The second-order valence-corrected chi connectivity index (χ2v) is 6.36. The molecule has 2 aromatic heterocycles. The van der Waals surface area contributed by atoms with Gasteiger partial charge in [-0.25, -0.2) is 9.97 Å². The van der Waals surface area contributed by atoms with Crippen LogP contribution in [0.25, 0.3) is 11.5 Å². The summed E-state index contributed by atoms with van der Waals surface area (Å²) >= 11 is 1.62. The minimum Gasteiger partial charge on any atom is -0.439 e. The Morgan fingerprint density at radius 1 is 1.39 bits per heavy atom. The smallest absolute Gasteiger partial charge is 0.196 e. The van der Waals surface area contributed by atoms with Crippen LogP contribution < -0.4 is 5.32 Å². The van der Waals surface area contributed by atoms with Crippen molar-refractivity contribution in [3.63, 3.8) is 0 Å². The first-order valence-electron chi connectivity index (χ1n) is 6.06. The first kappa shape index (κ1) is 13.2. The zero-order valence-electron chi connectivity index (χ0n) is 11.3. The van der Waals surface area contributed by atoms with E-state index in [2.05, 4.69) is 36.1 Å². The zero-order valence-corrected chi connectivity index (χ0v) is 12.1. The van der Waals surface area contributed by atoms with Crippen molar-refractivity contribution in [1.29, 1.82) is 0 Å². The van der Waals surface area contributed by atoms with E-state index >= 15 is 0 Å². The van der Waals surface area contributed by atoms with Gasteiger partial charge in [0.25, 0.3) is 0 Å². The van der Waals surface area contributed by atoms with Crippen LogP contribution in [-0.2, 0) is 6.42 Å². The van der Waals surface area contributed by atoms with Crippen LogP contribution in [0.1, 0.15) is 31.7 Å². The van der Waals surface area contributed by atoms with Gasteiger partial charge in [-0.3, -0.25) is 0 Å². The van der Waals surface area contributed by atoms with Gasteiger partial charge < -0.3 is 9.73 Å². The molecule has 0 aliphatic heterocycles. The highest BCUT2D eigenvalue weighted by Crippen LogP contribution is 2.22. The summed E-state index contributed by atoms with van der Waals surface area (Å²) in [5.74, 6) is 1.51. The van der Waals surface area contributed by atoms with Gasteiger partial charge in [-0.05, 0) is 27.7 Å². The quantitative estimate of drug-likeness (QED) is 0.923. The second-order valence-electron chi connectivity index (χ2n) is 5.30. The van der Waals surface area contributed by atoms with Crippen LogP contribution in [-0.4, -0.2) is 22.1 Å². The Balaban J connectivity index is 1.94. The molecule has 2 rings (SSSR count). The molecular formula is C13H19N3OS. The summed E-state index contributed by atoms with van der Waals surface area (Å²) in [5.41, 5.74) is 1.00. The number of aryl methyl sites for hydroxylation is 1. The largest absolute Gasteiger partial charge is 0.439 e. The predicted molar refractivity (Wildman–Crippen MR) is 73.8 cm³/mol. The first-order valence-corrected chi connectivity index (χ1v) is 6.94. The van der Waals surface area contributed by atoms with Crippen molar-refractivity contribution >= 4 is 11.3 Å². The molecule has 0 radical (unpaired) electrons. The number of nitrogens with one attached hydrogen (secondary N) is 1. The van der Waals surface area contributed by atoms with Crippen molar-refractivity contribution in [3.8, 4) is 11.5 Å². The van der Waals surface area contributed by atoms with Crippen LogP contribution >= 0.6 is 11.3 Å². The van der Waals surface area contributed by atoms with Crippen LogP contribution in [0.15, 0.2) is 16.0 Å². The van der Waals surface area contributed by atoms with E-state index in [4.69, 9.17) is 4.42 Å². The van der Waals surface area contributed by atoms with Crippen LogP contribution in [0.5, 0.6) is 0 Å². The molecule has 4 nitrogen and oxygen atoms in total. The fourth-order valence-electron chi connectivity index (χ4n) is 1.57. The van der Waals surface area contributed by atoms with Gasteiger partial charge in [-0.2, -0.15) is 0 Å². The molecule has 0 saturated heterocycles. The van der Waals surface area contributed by atoms with Gasteiger partial charge in [0.15, 0.2) is 11.7 Å². The molecule has 0 unspecified atom stereocenters. The molecule has 0 atom stereocenters. The fraction of sp³-hybridized carbons (Fsp3) is 0.538. The summed E-state index contributed by atoms with van der Waals surface area (Å²) in [6.45, 7) is 9.28. The van der Waals surface area contributed by atoms with E-state index in [0.29, 0.717) is 0 Å². The summed E-state index contributed by atoms with van der Waals surface area (Å²) in [4.78, 5) is 8.66. The third-order valence-corrected chi connectivity index (χ3v) is 3.19. The summed E-state index contributed by atoms with van der Waals surface area (Å²) in [5, 5.41) is 6.44. The number of oxazole rings is 1. The molecule has 0 saturated carbocycles. The lowest BCUT2D eigenvalue weighted by atomic mass is 10.1. The van der Waals surface area contributed by atoms with Crippen LogP contribution in [0.3, 0.4) is 0 Å². The fourth-order valence-corrected chi connectivity index (χ4v) is 2.17. The SMILES string of the molecule is Cc1nc(-c2cnc(CCNC(C)(C)C)o2)cs1. The van der Waals surface area contributed by atoms with E-state index < -0.39 is 0 Å². The maximum absolute atomic E-state index is 5.69. The minimum absolute atomic E-state index is 0.126. The number of hydrogen-bond donors (Lipinski definition) is 1. The van der Waals surface area contributed by atoms with Crippen LogP contribution in [0, 0.1) is 6.92 Å². The molecule has 0 aromatic carbocycles. The summed E-state index contributed by atoms with van der Waals surface area (Å²) in [7, 11) is 0. The summed E-state index contributed by atoms with van der Waals surface area (Å²) in [6, 6.07) is 0. The van der Waals surface area contributed by atoms with Crippen molar-refractivity contribution in [3.05, 3.63) is 22.5 Å². The Labute approximate surface area is 111 Å². The van der Waals surface area contributed by atoms with Crippen LogP contribution in [0.4, 0.5) is 0 Å². The van der Waals surface area contributed by atoms with E-state index in [9.17, 15) is 0 Å². The average Bonchev–Trinajstić information content (AvgIpc) is 2.85. The molecule has 2 heterocycles. The van der Waals surface area contributed by atoms with Crippen molar-refractivity contribution < 1.29 is 4.42 Å². The minimum atomic E-state index is 0.126. The standard InChI is InChI=1S/C13H19N3OS/c1-9-16-10(8-18-9)11-7-14-12(17-11)5-6-15-13(2,3)4/h7-8,15H,5-6H2,1-4H3. The molecule has 0 aliphatic rings. The van der Waals surface area contributed by atoms with E-state index in [0.717, 1.165) is 35.3 Å². The van der Waals surface area contributed by atoms with E-state index in [-0.39, 0.29) is 5.54 Å². The highest BCUT2D eigenvalue weighted by atomic mass is 32.1. The molecule has 18 heavy (non-hydrogen) atoms. The predicted octanol–water partition coefficient (Wildman–Crippen LogP) is 3.04. The maximum atomic E-state index is 5.69. The van der Waals surface area contributed by atoms with Crippen molar-refractivity contribution in [1.82, 2.24) is 15.3 Å². The number of rotatable bonds is 4. The number of aromatic nitrogens is 2. The van der Waals surface area contributed by atoms with Crippen molar-refractivity contribution in [2.45, 2.75) is 39.7 Å². The lowest BCUT2D eigenvalue weighted by molar-refractivity contribution is 0.411. The van der Waals surface area contributed by atoms with E-state index in [1.807, 2.05) is 12.3 Å². The molecule has 98 valence electrons. The van der Waals surface area contributed by atoms with Crippen molar-refractivity contribution in [2.24, 2.45) is 0 Å². The Kier molecular flexibility index (Phi) is 3.82. The summed E-state index contributed by atoms with van der Waals surface area (Å²) < 4.78 is 5.69. The second kappa shape index (κ2) is 5.20. The molecule has 5 heteroatoms. The monoisotopic (exact) mass is 265 g/mol. The van der Waals surface area contributed by atoms with Crippen molar-refractivity contribution in [2.75, 3.05) is 6.54 Å². The lowest BCUT2D eigenvalue weighted by Gasteiger charge is -2.19. The highest BCUT2D eigenvalue weighted by Gasteiger charge is 2.11. The normalized spacial score (nSPS) is 12.0. The van der Waals surface area contributed by atoms with Crippen LogP contribution in [0.2, 0.25) is 0 Å². The van der Waals surface area contributed by atoms with E-state index in [1.54, 1.807) is 17.5 Å². The highest BCUT2D eigenvalue weighted by molar-refractivity contribution is 7.09. The van der Waals surface area contributed by atoms with Gasteiger partial charge >= 0.3 is 0 Å². The third kappa shape index (κ3) is 3.65. The van der Waals surface area contributed by atoms with Gasteiger partial charge in [-0.1, -0.05) is 0 Å². The van der Waals surface area contributed by atoms with Gasteiger partial charge in [0.2, 0.25) is 0 Å². The molecule has 1 N–H and O–H groups in total. The third-order valence-electron chi connectivity index (χ3n) is 2.42. The Hall–Kier alpha value is -1.20. The van der Waals surface area contributed by atoms with Gasteiger partial charge in [0, 0.05) is 23.9 Å². The van der Waals surface area contributed by atoms with Gasteiger partial charge in [0.05, 0.1) is 11.2 Å². The molecule has 0 bridgehead atoms. The Bertz CT molecular complexity index is 510. The Morgan fingerprint density at radius 2 is 2.17 bits per heavy atom. The number of nitrogens with zero attached hydrogens (tertiary/aromatic N) is 2. The topological polar surface area (TPSA) is 51.0 Å². The Morgan fingerprint density at radius 3 is 2.78 bits per heavy atom. The molecule has 0 spiro atoms. The molecule has 0 aliphatic carbocycles. The molecular weight excluding hydrogens is 246 g/mol. The van der Waals surface area contributed by atoms with E-state index in [1.165, 1.54) is 0 Å². The summed E-state index contributed by atoms with van der Waals surface area (Å²) in [6.07, 6.45) is 2.54. The first-order chi connectivity index (χ1) is 8.44.